The topological polar surface area (TPSA) is 129 Å². The molecule has 1 amide bonds. The van der Waals surface area contributed by atoms with Crippen molar-refractivity contribution in [1.29, 1.82) is 0 Å². The number of fused-ring (bicyclic) bond motifs is 4. The number of aromatic nitrogens is 4. The Morgan fingerprint density at radius 1 is 0.935 bits per heavy atom. The first kappa shape index (κ1) is 42.8. The fourth-order valence-electron chi connectivity index (χ4n) is 10.1. The average Bonchev–Trinajstić information content (AvgIpc) is 3.73. The summed E-state index contributed by atoms with van der Waals surface area (Å²) in [6.45, 7) is 5.81. The van der Waals surface area contributed by atoms with Gasteiger partial charge in [-0.2, -0.15) is 15.1 Å². The lowest BCUT2D eigenvalue weighted by Gasteiger charge is -2.34. The Bertz CT molecular complexity index is 2370. The van der Waals surface area contributed by atoms with Gasteiger partial charge >= 0.3 is 11.2 Å². The van der Waals surface area contributed by atoms with Crippen molar-refractivity contribution in [1.82, 2.24) is 24.6 Å². The summed E-state index contributed by atoms with van der Waals surface area (Å²) < 4.78 is 46.0. The first-order chi connectivity index (χ1) is 30.3. The number of piperazine rings is 1. The second-order valence-electron chi connectivity index (χ2n) is 18.0. The van der Waals surface area contributed by atoms with Gasteiger partial charge in [-0.1, -0.05) is 88.6 Å². The first-order valence-electron chi connectivity index (χ1n) is 23.3. The Morgan fingerprint density at radius 3 is 2.37 bits per heavy atom. The molecule has 4 atom stereocenters. The van der Waals surface area contributed by atoms with Gasteiger partial charge in [-0.3, -0.25) is 0 Å². The largest absolute Gasteiger partial charge is 0.609 e. The van der Waals surface area contributed by atoms with E-state index >= 15 is 4.39 Å². The van der Waals surface area contributed by atoms with Crippen LogP contribution in [0.25, 0.3) is 32.9 Å². The van der Waals surface area contributed by atoms with Crippen LogP contribution >= 0.6 is 0 Å². The molecule has 3 saturated heterocycles. The third-order valence-electron chi connectivity index (χ3n) is 13.6. The van der Waals surface area contributed by atoms with Crippen LogP contribution < -0.4 is 9.64 Å². The van der Waals surface area contributed by atoms with E-state index in [4.69, 9.17) is 24.5 Å². The minimum absolute atomic E-state index is 0.0758. The molecule has 5 heterocycles. The number of amides is 1. The Morgan fingerprint density at radius 2 is 1.69 bits per heavy atom. The average molecular weight is 865 g/mol. The van der Waals surface area contributed by atoms with Crippen molar-refractivity contribution in [2.75, 3.05) is 30.3 Å². The maximum atomic E-state index is 16.5. The fourth-order valence-corrected chi connectivity index (χ4v) is 11.1. The van der Waals surface area contributed by atoms with Crippen LogP contribution in [0.15, 0.2) is 53.8 Å². The van der Waals surface area contributed by atoms with Crippen molar-refractivity contribution >= 4 is 44.9 Å². The fraction of sp³-hybridized carbons (Fsp3) is 0.551. The van der Waals surface area contributed by atoms with Gasteiger partial charge in [-0.15, -0.1) is 0 Å². The van der Waals surface area contributed by atoms with Gasteiger partial charge in [0, 0.05) is 58.8 Å². The summed E-state index contributed by atoms with van der Waals surface area (Å²) in [5, 5.41) is 16.7. The quantitative estimate of drug-likeness (QED) is 0.0490. The molecule has 62 heavy (non-hydrogen) atoms. The Hall–Kier alpha value is -4.46. The van der Waals surface area contributed by atoms with Crippen LogP contribution in [0, 0.1) is 12.7 Å². The van der Waals surface area contributed by atoms with Crippen LogP contribution in [0.1, 0.15) is 138 Å². The number of ether oxygens (including phenoxy) is 2. The van der Waals surface area contributed by atoms with Gasteiger partial charge in [0.25, 0.3) is 0 Å². The molecule has 1 saturated carbocycles. The van der Waals surface area contributed by atoms with Crippen molar-refractivity contribution in [3.05, 3.63) is 71.2 Å². The first-order valence-corrected chi connectivity index (χ1v) is 24.6. The minimum Gasteiger partial charge on any atom is -0.609 e. The van der Waals surface area contributed by atoms with E-state index < -0.39 is 17.3 Å². The molecule has 3 aliphatic heterocycles. The molecule has 4 aliphatic rings. The standard InChI is InChI=1S/C49H61FN6O5S/c1-3-4-5-6-7-8-9-10-11-17-24-62(59)48-52-45-38(47(53-48)54-29-36-25-35(54)30-55(36)49(57)58)26-37(34-21-22-34)44(46(45)61-31-33-18-13-12-14-19-33)43-32(2)40(50)27-41-39(43)28-51-56(41)42-20-15-16-23-60-42/h12-14,18-19,26-28,34-36,42H,3-11,15-17,20-25,29-31H2,1-2H3,(H,57,58). The zero-order chi connectivity index (χ0) is 42.7. The van der Waals surface area contributed by atoms with E-state index in [9.17, 15) is 14.5 Å². The van der Waals surface area contributed by atoms with Crippen molar-refractivity contribution in [2.24, 2.45) is 0 Å². The summed E-state index contributed by atoms with van der Waals surface area (Å²) in [4.78, 5) is 26.3. The lowest BCUT2D eigenvalue weighted by molar-refractivity contribution is -0.0366. The molecular formula is C49H61FN6O5S. The summed E-state index contributed by atoms with van der Waals surface area (Å²) in [6.07, 6.45) is 17.9. The van der Waals surface area contributed by atoms with E-state index in [1.165, 1.54) is 49.8 Å². The van der Waals surface area contributed by atoms with Crippen molar-refractivity contribution in [3.63, 3.8) is 0 Å². The smallest absolute Gasteiger partial charge is 0.407 e. The molecule has 4 unspecified atom stereocenters. The SMILES string of the molecule is CCCCCCCCCCCC[S+]([O-])c1nc(N2CC3CC2CN3C(=O)O)c2cc(C3CC3)c(-c3c(C)c(F)cc4c3cnn4C3CCCCO3)c(OCc3ccccc3)c2n1. The molecular weight excluding hydrogens is 804 g/mol. The number of rotatable bonds is 19. The van der Waals surface area contributed by atoms with Gasteiger partial charge in [0.2, 0.25) is 0 Å². The van der Waals surface area contributed by atoms with Gasteiger partial charge in [-0.25, -0.2) is 13.9 Å². The number of nitrogens with zero attached hydrogens (tertiary/aromatic N) is 6. The van der Waals surface area contributed by atoms with Crippen LogP contribution in [0.5, 0.6) is 5.75 Å². The number of hydrogen-bond donors (Lipinski definition) is 1. The predicted octanol–water partition coefficient (Wildman–Crippen LogP) is 11.2. The lowest BCUT2D eigenvalue weighted by atomic mass is 9.88. The van der Waals surface area contributed by atoms with Gasteiger partial charge in [0.15, 0.2) is 12.0 Å². The number of halogens is 1. The molecule has 11 nitrogen and oxygen atoms in total. The molecule has 2 aromatic heterocycles. The number of unbranched alkanes of at least 4 members (excludes halogenated alkanes) is 9. The van der Waals surface area contributed by atoms with Gasteiger partial charge < -0.3 is 28.9 Å². The molecule has 13 heteroatoms. The molecule has 1 aliphatic carbocycles. The number of carbonyl (C=O) groups is 1. The molecule has 0 radical (unpaired) electrons. The van der Waals surface area contributed by atoms with Crippen LogP contribution in [0.4, 0.5) is 15.0 Å². The van der Waals surface area contributed by atoms with Crippen molar-refractivity contribution in [2.45, 2.75) is 153 Å². The molecule has 9 rings (SSSR count). The maximum absolute atomic E-state index is 16.5. The second-order valence-corrected chi connectivity index (χ2v) is 19.5. The molecule has 3 aromatic carbocycles. The number of anilines is 1. The molecule has 4 fully saturated rings. The third-order valence-corrected chi connectivity index (χ3v) is 14.9. The van der Waals surface area contributed by atoms with Crippen molar-refractivity contribution < 1.29 is 28.3 Å². The maximum Gasteiger partial charge on any atom is 0.407 e. The Balaban J connectivity index is 1.16. The van der Waals surface area contributed by atoms with Crippen LogP contribution in [0.3, 0.4) is 0 Å². The van der Waals surface area contributed by atoms with Gasteiger partial charge in [0.05, 0.1) is 23.8 Å². The lowest BCUT2D eigenvalue weighted by Crippen LogP contribution is -2.48. The van der Waals surface area contributed by atoms with Crippen molar-refractivity contribution in [3.8, 4) is 16.9 Å². The minimum atomic E-state index is -1.51. The number of carboxylic acid groups (broad SMARTS) is 1. The van der Waals surface area contributed by atoms with Gasteiger partial charge in [-0.05, 0) is 87.0 Å². The van der Waals surface area contributed by atoms with E-state index in [1.807, 2.05) is 48.1 Å². The highest BCUT2D eigenvalue weighted by atomic mass is 32.2. The van der Waals surface area contributed by atoms with Crippen LogP contribution in [-0.4, -0.2) is 77.9 Å². The summed E-state index contributed by atoms with van der Waals surface area (Å²) in [6, 6.07) is 13.5. The molecule has 5 aromatic rings. The molecule has 0 spiro atoms. The predicted molar refractivity (Wildman–Crippen MR) is 242 cm³/mol. The van der Waals surface area contributed by atoms with Crippen LogP contribution in [0.2, 0.25) is 0 Å². The number of likely N-dealkylation sites (tertiary alicyclic amines) is 1. The van der Waals surface area contributed by atoms with E-state index in [2.05, 4.69) is 17.9 Å². The molecule has 330 valence electrons. The second kappa shape index (κ2) is 19.1. The highest BCUT2D eigenvalue weighted by molar-refractivity contribution is 7.91. The molecule has 2 bridgehead atoms. The Kier molecular flexibility index (Phi) is 13.2. The summed E-state index contributed by atoms with van der Waals surface area (Å²) in [7, 11) is 0. The summed E-state index contributed by atoms with van der Waals surface area (Å²) in [5.41, 5.74) is 5.22. The number of hydrogen-bond acceptors (Lipinski definition) is 8. The zero-order valence-electron chi connectivity index (χ0n) is 36.3. The normalized spacial score (nSPS) is 20.5. The highest BCUT2D eigenvalue weighted by Crippen LogP contribution is 2.54. The zero-order valence-corrected chi connectivity index (χ0v) is 37.1. The van der Waals surface area contributed by atoms with Crippen LogP contribution in [-0.2, 0) is 22.5 Å². The third kappa shape index (κ3) is 8.86. The summed E-state index contributed by atoms with van der Waals surface area (Å²) >= 11 is -1.51. The Labute approximate surface area is 367 Å². The summed E-state index contributed by atoms with van der Waals surface area (Å²) in [5.74, 6) is 1.50. The van der Waals surface area contributed by atoms with E-state index in [0.29, 0.717) is 60.0 Å². The van der Waals surface area contributed by atoms with E-state index in [0.717, 1.165) is 84.4 Å². The molecule has 1 N–H and O–H groups in total. The van der Waals surface area contributed by atoms with Gasteiger partial charge in [0.1, 0.15) is 29.5 Å². The van der Waals surface area contributed by atoms with E-state index in [1.54, 1.807) is 6.07 Å². The number of benzene rings is 3. The monoisotopic (exact) mass is 864 g/mol. The highest BCUT2D eigenvalue weighted by Gasteiger charge is 2.47. The van der Waals surface area contributed by atoms with E-state index in [-0.39, 0.29) is 41.8 Å².